The number of carboxylic acids is 1. The lowest BCUT2D eigenvalue weighted by molar-refractivity contribution is -0.192. The summed E-state index contributed by atoms with van der Waals surface area (Å²) in [7, 11) is 0. The number of alkyl halides is 3. The average molecular weight is 254 g/mol. The summed E-state index contributed by atoms with van der Waals surface area (Å²) in [5, 5.41) is 12.5. The minimum Gasteiger partial charge on any atom is -0.475 e. The first-order chi connectivity index (χ1) is 7.41. The van der Waals surface area contributed by atoms with Gasteiger partial charge < -0.3 is 10.4 Å². The lowest BCUT2D eigenvalue weighted by Gasteiger charge is -2.24. The lowest BCUT2D eigenvalue weighted by Crippen LogP contribution is -2.39. The van der Waals surface area contributed by atoms with E-state index in [9.17, 15) is 13.2 Å². The highest BCUT2D eigenvalue weighted by Gasteiger charge is 2.38. The van der Waals surface area contributed by atoms with Gasteiger partial charge in [0, 0.05) is 24.4 Å². The van der Waals surface area contributed by atoms with E-state index in [1.54, 1.807) is 11.3 Å². The second kappa shape index (κ2) is 5.26. The van der Waals surface area contributed by atoms with Gasteiger partial charge in [0.1, 0.15) is 0 Å². The Morgan fingerprint density at radius 3 is 2.38 bits per heavy atom. The number of aliphatic carboxylic acids is 1. The molecule has 0 aliphatic carbocycles. The van der Waals surface area contributed by atoms with E-state index in [1.807, 2.05) is 5.51 Å². The average Bonchev–Trinajstić information content (AvgIpc) is 2.53. The van der Waals surface area contributed by atoms with Crippen LogP contribution >= 0.6 is 11.3 Å². The summed E-state index contributed by atoms with van der Waals surface area (Å²) in [4.78, 5) is 13.1. The minimum absolute atomic E-state index is 0.705. The molecule has 0 amide bonds. The monoisotopic (exact) mass is 254 g/mol. The number of aromatic nitrogens is 1. The van der Waals surface area contributed by atoms with Crippen LogP contribution in [0.15, 0.2) is 10.9 Å². The molecule has 0 atom stereocenters. The highest BCUT2D eigenvalue weighted by Crippen LogP contribution is 2.18. The number of nitrogens with one attached hydrogen (secondary N) is 1. The maximum atomic E-state index is 10.6. The van der Waals surface area contributed by atoms with Gasteiger partial charge in [0.2, 0.25) is 0 Å². The normalized spacial score (nSPS) is 15.9. The Bertz CT molecular complexity index is 336. The molecule has 0 bridgehead atoms. The van der Waals surface area contributed by atoms with Crippen LogP contribution in [0.4, 0.5) is 13.2 Å². The molecule has 1 aliphatic heterocycles. The molecule has 2 rings (SSSR count). The molecule has 0 spiro atoms. The minimum atomic E-state index is -5.08. The molecule has 0 aromatic carbocycles. The first-order valence-electron chi connectivity index (χ1n) is 4.30. The quantitative estimate of drug-likeness (QED) is 0.796. The molecule has 90 valence electrons. The van der Waals surface area contributed by atoms with Crippen molar-refractivity contribution in [2.24, 2.45) is 0 Å². The summed E-state index contributed by atoms with van der Waals surface area (Å²) in [6.07, 6.45) is -5.08. The summed E-state index contributed by atoms with van der Waals surface area (Å²) in [5.74, 6) is -2.05. The molecule has 8 heteroatoms. The molecule has 1 aliphatic rings. The number of carbonyl (C=O) groups is 1. The van der Waals surface area contributed by atoms with Crippen molar-refractivity contribution in [3.8, 4) is 0 Å². The molecular formula is C8H9F3N2O2S. The van der Waals surface area contributed by atoms with E-state index in [4.69, 9.17) is 9.90 Å². The molecule has 4 nitrogen and oxygen atoms in total. The number of halogens is 3. The first-order valence-corrected chi connectivity index (χ1v) is 5.24. The van der Waals surface area contributed by atoms with Gasteiger partial charge in [0.25, 0.3) is 0 Å². The summed E-state index contributed by atoms with van der Waals surface area (Å²) in [6.45, 7) is 2.23. The van der Waals surface area contributed by atoms with Crippen LogP contribution in [0.2, 0.25) is 0 Å². The molecule has 0 unspecified atom stereocenters. The van der Waals surface area contributed by atoms with Gasteiger partial charge in [-0.1, -0.05) is 0 Å². The van der Waals surface area contributed by atoms with Gasteiger partial charge in [-0.15, -0.1) is 11.3 Å². The van der Waals surface area contributed by atoms with Crippen molar-refractivity contribution >= 4 is 17.3 Å². The Hall–Kier alpha value is -1.15. The molecule has 0 saturated carbocycles. The molecule has 2 N–H and O–H groups in total. The summed E-state index contributed by atoms with van der Waals surface area (Å²) in [5.41, 5.74) is 3.16. The van der Waals surface area contributed by atoms with Crippen LogP contribution in [0.5, 0.6) is 0 Å². The number of rotatable bonds is 1. The fraction of sp³-hybridized carbons (Fsp3) is 0.500. The van der Waals surface area contributed by atoms with Crippen molar-refractivity contribution in [3.63, 3.8) is 0 Å². The molecule has 1 saturated heterocycles. The molecular weight excluding hydrogens is 245 g/mol. The predicted octanol–water partition coefficient (Wildman–Crippen LogP) is 1.46. The fourth-order valence-electron chi connectivity index (χ4n) is 0.921. The van der Waals surface area contributed by atoms with Crippen molar-refractivity contribution in [1.29, 1.82) is 0 Å². The smallest absolute Gasteiger partial charge is 0.475 e. The summed E-state index contributed by atoms with van der Waals surface area (Å²) >= 11 is 1.68. The Morgan fingerprint density at radius 1 is 1.56 bits per heavy atom. The van der Waals surface area contributed by atoms with Gasteiger partial charge in [-0.2, -0.15) is 13.2 Å². The van der Waals surface area contributed by atoms with Crippen LogP contribution < -0.4 is 5.32 Å². The van der Waals surface area contributed by atoms with E-state index >= 15 is 0 Å². The van der Waals surface area contributed by atoms with Gasteiger partial charge >= 0.3 is 12.1 Å². The molecule has 1 fully saturated rings. The molecule has 0 radical (unpaired) electrons. The van der Waals surface area contributed by atoms with E-state index in [-0.39, 0.29) is 0 Å². The zero-order valence-corrected chi connectivity index (χ0v) is 8.81. The third-order valence-corrected chi connectivity index (χ3v) is 2.50. The van der Waals surface area contributed by atoms with E-state index < -0.39 is 12.1 Å². The van der Waals surface area contributed by atoms with Crippen molar-refractivity contribution < 1.29 is 23.1 Å². The van der Waals surface area contributed by atoms with Crippen molar-refractivity contribution in [2.75, 3.05) is 13.1 Å². The standard InChI is InChI=1S/C6H8N2S.C2HF3O2/c1-5(2-7-1)6-3-9-4-8-6;3-2(4,5)1(6)7/h3-5,7H,1-2H2;(H,6,7). The largest absolute Gasteiger partial charge is 0.490 e. The van der Waals surface area contributed by atoms with Gasteiger partial charge in [0.05, 0.1) is 11.2 Å². The Balaban J connectivity index is 0.000000168. The highest BCUT2D eigenvalue weighted by molar-refractivity contribution is 7.07. The van der Waals surface area contributed by atoms with Gasteiger partial charge in [-0.3, -0.25) is 0 Å². The van der Waals surface area contributed by atoms with Crippen LogP contribution in [-0.4, -0.2) is 35.3 Å². The second-order valence-corrected chi connectivity index (χ2v) is 3.79. The highest BCUT2D eigenvalue weighted by atomic mass is 32.1. The number of hydrogen-bond donors (Lipinski definition) is 2. The van der Waals surface area contributed by atoms with Crippen LogP contribution in [0, 0.1) is 0 Å². The van der Waals surface area contributed by atoms with Crippen LogP contribution in [0.3, 0.4) is 0 Å². The molecule has 2 heterocycles. The Morgan fingerprint density at radius 2 is 2.12 bits per heavy atom. The van der Waals surface area contributed by atoms with Crippen molar-refractivity contribution in [3.05, 3.63) is 16.6 Å². The number of thiazole rings is 1. The summed E-state index contributed by atoms with van der Waals surface area (Å²) < 4.78 is 31.7. The maximum absolute atomic E-state index is 10.6. The van der Waals surface area contributed by atoms with E-state index in [2.05, 4.69) is 15.7 Å². The maximum Gasteiger partial charge on any atom is 0.490 e. The van der Waals surface area contributed by atoms with Gasteiger partial charge in [-0.05, 0) is 0 Å². The molecule has 1 aromatic rings. The third-order valence-electron chi connectivity index (χ3n) is 1.89. The zero-order chi connectivity index (χ0) is 12.2. The van der Waals surface area contributed by atoms with E-state index in [0.717, 1.165) is 13.1 Å². The third kappa shape index (κ3) is 3.78. The molecule has 1 aromatic heterocycles. The van der Waals surface area contributed by atoms with E-state index in [0.29, 0.717) is 5.92 Å². The summed E-state index contributed by atoms with van der Waals surface area (Å²) in [6, 6.07) is 0. The second-order valence-electron chi connectivity index (χ2n) is 3.07. The first kappa shape index (κ1) is 12.9. The SMILES string of the molecule is O=C(O)C(F)(F)F.c1nc(C2CNC2)cs1. The zero-order valence-electron chi connectivity index (χ0n) is 7.99. The van der Waals surface area contributed by atoms with Crippen LogP contribution in [0.1, 0.15) is 11.6 Å². The number of carboxylic acid groups (broad SMARTS) is 1. The lowest BCUT2D eigenvalue weighted by atomic mass is 10.0. The van der Waals surface area contributed by atoms with Crippen LogP contribution in [-0.2, 0) is 4.79 Å². The van der Waals surface area contributed by atoms with Crippen molar-refractivity contribution in [2.45, 2.75) is 12.1 Å². The van der Waals surface area contributed by atoms with E-state index in [1.165, 1.54) is 5.69 Å². The number of nitrogens with zero attached hydrogens (tertiary/aromatic N) is 1. The number of hydrogen-bond acceptors (Lipinski definition) is 4. The topological polar surface area (TPSA) is 62.2 Å². The Labute approximate surface area is 93.1 Å². The van der Waals surface area contributed by atoms with Crippen molar-refractivity contribution in [1.82, 2.24) is 10.3 Å². The Kier molecular flexibility index (Phi) is 4.25. The fourth-order valence-corrected chi connectivity index (χ4v) is 1.56. The molecule has 16 heavy (non-hydrogen) atoms. The predicted molar refractivity (Wildman–Crippen MR) is 51.4 cm³/mol. The van der Waals surface area contributed by atoms with Crippen LogP contribution in [0.25, 0.3) is 0 Å². The van der Waals surface area contributed by atoms with Gasteiger partial charge in [-0.25, -0.2) is 9.78 Å². The van der Waals surface area contributed by atoms with Gasteiger partial charge in [0.15, 0.2) is 0 Å².